The molecule has 0 aliphatic heterocycles. The number of aromatic nitrogens is 1. The van der Waals surface area contributed by atoms with Gasteiger partial charge in [0.25, 0.3) is 0 Å². The van der Waals surface area contributed by atoms with E-state index in [1.807, 2.05) is 13.0 Å². The number of rotatable bonds is 4. The molecule has 1 heterocycles. The van der Waals surface area contributed by atoms with E-state index in [9.17, 15) is 0 Å². The average molecular weight is 309 g/mol. The van der Waals surface area contributed by atoms with Crippen LogP contribution in [0.1, 0.15) is 18.1 Å². The summed E-state index contributed by atoms with van der Waals surface area (Å²) < 4.78 is 5.50. The maximum Gasteiger partial charge on any atom is 0.164 e. The van der Waals surface area contributed by atoms with Gasteiger partial charge in [0.05, 0.1) is 12.3 Å². The highest BCUT2D eigenvalue weighted by Gasteiger charge is 2.15. The zero-order chi connectivity index (χ0) is 15.5. The van der Waals surface area contributed by atoms with Crippen molar-refractivity contribution in [2.24, 2.45) is 0 Å². The predicted molar refractivity (Wildman–Crippen MR) is 96.4 cm³/mol. The lowest BCUT2D eigenvalue weighted by Crippen LogP contribution is -2.05. The lowest BCUT2D eigenvalue weighted by atomic mass is 10.0. The number of aryl methyl sites for hydroxylation is 1. The molecule has 112 valence electrons. The minimum absolute atomic E-state index is 0.612. The first-order chi connectivity index (χ1) is 10.7. The highest BCUT2D eigenvalue weighted by atomic mass is 32.1. The highest BCUT2D eigenvalue weighted by molar-refractivity contribution is 7.80. The van der Waals surface area contributed by atoms with Crippen LogP contribution in [0.4, 0.5) is 0 Å². The quantitative estimate of drug-likeness (QED) is 0.682. The van der Waals surface area contributed by atoms with Gasteiger partial charge in [0.1, 0.15) is 0 Å². The lowest BCUT2D eigenvalue weighted by Gasteiger charge is -2.07. The van der Waals surface area contributed by atoms with Crippen molar-refractivity contribution in [1.82, 2.24) is 4.98 Å². The summed E-state index contributed by atoms with van der Waals surface area (Å²) in [6.07, 6.45) is 0.650. The molecule has 3 heteroatoms. The summed E-state index contributed by atoms with van der Waals surface area (Å²) in [4.78, 5) is 3.54. The molecule has 0 amide bonds. The first-order valence-electron chi connectivity index (χ1n) is 7.51. The number of aromatic amines is 1. The molecular formula is C19H19NOS. The summed E-state index contributed by atoms with van der Waals surface area (Å²) in [5, 5.41) is 1.86. The molecule has 2 nitrogen and oxygen atoms in total. The molecular weight excluding hydrogens is 290 g/mol. The van der Waals surface area contributed by atoms with Crippen LogP contribution in [-0.4, -0.2) is 16.6 Å². The lowest BCUT2D eigenvalue weighted by molar-refractivity contribution is 0.330. The Labute approximate surface area is 136 Å². The molecule has 0 aliphatic carbocycles. The smallest absolute Gasteiger partial charge is 0.164 e. The van der Waals surface area contributed by atoms with Crippen LogP contribution >= 0.6 is 12.2 Å². The number of H-pyrrole nitrogens is 1. The molecule has 1 aromatic heterocycles. The summed E-state index contributed by atoms with van der Waals surface area (Å²) in [5.74, 6) is 0. The number of fused-ring (bicyclic) bond motifs is 1. The second-order valence-electron chi connectivity index (χ2n) is 5.38. The standard InChI is InChI=1S/C19H19NOS/c1-3-21-18(22)12-16-15-11-13(2)9-10-17(15)20-19(16)14-7-5-4-6-8-14/h4-11,20H,3,12H2,1-2H3. The molecule has 3 rings (SSSR count). The largest absolute Gasteiger partial charge is 0.487 e. The molecule has 3 aromatic rings. The molecule has 0 fully saturated rings. The molecule has 0 saturated heterocycles. The van der Waals surface area contributed by atoms with Gasteiger partial charge in [-0.25, -0.2) is 0 Å². The van der Waals surface area contributed by atoms with Crippen molar-refractivity contribution in [2.75, 3.05) is 6.61 Å². The second-order valence-corrected chi connectivity index (χ2v) is 5.83. The zero-order valence-corrected chi connectivity index (χ0v) is 13.7. The Morgan fingerprint density at radius 2 is 1.91 bits per heavy atom. The van der Waals surface area contributed by atoms with Crippen LogP contribution in [0, 0.1) is 6.92 Å². The minimum atomic E-state index is 0.612. The molecule has 1 N–H and O–H groups in total. The van der Waals surface area contributed by atoms with Gasteiger partial charge in [-0.2, -0.15) is 0 Å². The Kier molecular flexibility index (Phi) is 4.25. The topological polar surface area (TPSA) is 25.0 Å². The molecule has 2 aromatic carbocycles. The van der Waals surface area contributed by atoms with Gasteiger partial charge in [0.2, 0.25) is 0 Å². The maximum absolute atomic E-state index is 5.50. The van der Waals surface area contributed by atoms with E-state index in [0.29, 0.717) is 18.1 Å². The molecule has 0 aliphatic rings. The Morgan fingerprint density at radius 3 is 2.64 bits per heavy atom. The normalized spacial score (nSPS) is 10.8. The van der Waals surface area contributed by atoms with Gasteiger partial charge in [-0.15, -0.1) is 0 Å². The predicted octanol–water partition coefficient (Wildman–Crippen LogP) is 5.05. The van der Waals surface area contributed by atoms with Crippen LogP contribution in [0.5, 0.6) is 0 Å². The maximum atomic E-state index is 5.50. The third-order valence-electron chi connectivity index (χ3n) is 3.75. The van der Waals surface area contributed by atoms with Gasteiger partial charge in [0, 0.05) is 17.3 Å². The third kappa shape index (κ3) is 2.90. The number of benzene rings is 2. The monoisotopic (exact) mass is 309 g/mol. The van der Waals surface area contributed by atoms with Gasteiger partial charge in [-0.05, 0) is 49.3 Å². The number of hydrogen-bond donors (Lipinski definition) is 1. The fourth-order valence-corrected chi connectivity index (χ4v) is 3.01. The van der Waals surface area contributed by atoms with Gasteiger partial charge < -0.3 is 9.72 Å². The summed E-state index contributed by atoms with van der Waals surface area (Å²) in [6, 6.07) is 16.8. The van der Waals surface area contributed by atoms with Crippen LogP contribution in [0.2, 0.25) is 0 Å². The number of thiocarbonyl (C=S) groups is 1. The molecule has 0 bridgehead atoms. The van der Waals surface area contributed by atoms with Crippen molar-refractivity contribution in [2.45, 2.75) is 20.3 Å². The van der Waals surface area contributed by atoms with Crippen LogP contribution in [0.25, 0.3) is 22.2 Å². The fourth-order valence-electron chi connectivity index (χ4n) is 2.75. The fraction of sp³-hybridized carbons (Fsp3) is 0.211. The van der Waals surface area contributed by atoms with E-state index >= 15 is 0 Å². The molecule has 0 radical (unpaired) electrons. The zero-order valence-electron chi connectivity index (χ0n) is 12.8. The number of hydrogen-bond acceptors (Lipinski definition) is 2. The number of ether oxygens (including phenoxy) is 1. The highest BCUT2D eigenvalue weighted by Crippen LogP contribution is 2.31. The van der Waals surface area contributed by atoms with Gasteiger partial charge in [0.15, 0.2) is 5.05 Å². The molecule has 22 heavy (non-hydrogen) atoms. The van der Waals surface area contributed by atoms with E-state index in [-0.39, 0.29) is 0 Å². The van der Waals surface area contributed by atoms with Crippen molar-refractivity contribution in [3.05, 3.63) is 59.7 Å². The van der Waals surface area contributed by atoms with Crippen molar-refractivity contribution in [3.8, 4) is 11.3 Å². The van der Waals surface area contributed by atoms with E-state index in [1.54, 1.807) is 0 Å². The van der Waals surface area contributed by atoms with Crippen LogP contribution in [0.15, 0.2) is 48.5 Å². The Bertz CT molecular complexity index is 805. The summed E-state index contributed by atoms with van der Waals surface area (Å²) in [7, 11) is 0. The van der Waals surface area contributed by atoms with E-state index < -0.39 is 0 Å². The van der Waals surface area contributed by atoms with Crippen molar-refractivity contribution < 1.29 is 4.74 Å². The molecule has 0 spiro atoms. The third-order valence-corrected chi connectivity index (χ3v) is 4.01. The summed E-state index contributed by atoms with van der Waals surface area (Å²) in [5.41, 5.74) is 5.89. The van der Waals surface area contributed by atoms with Crippen LogP contribution < -0.4 is 0 Å². The van der Waals surface area contributed by atoms with E-state index in [0.717, 1.165) is 11.2 Å². The van der Waals surface area contributed by atoms with Crippen LogP contribution in [0.3, 0.4) is 0 Å². The van der Waals surface area contributed by atoms with Crippen LogP contribution in [-0.2, 0) is 11.2 Å². The van der Waals surface area contributed by atoms with Crippen molar-refractivity contribution in [1.29, 1.82) is 0 Å². The van der Waals surface area contributed by atoms with Crippen molar-refractivity contribution >= 4 is 28.2 Å². The minimum Gasteiger partial charge on any atom is -0.487 e. The Morgan fingerprint density at radius 1 is 1.14 bits per heavy atom. The van der Waals surface area contributed by atoms with Gasteiger partial charge in [-0.3, -0.25) is 0 Å². The first kappa shape index (κ1) is 14.8. The SMILES string of the molecule is CCOC(=S)Cc1c(-c2ccccc2)[nH]c2ccc(C)cc12. The summed E-state index contributed by atoms with van der Waals surface area (Å²) in [6.45, 7) is 4.68. The van der Waals surface area contributed by atoms with Crippen molar-refractivity contribution in [3.63, 3.8) is 0 Å². The Balaban J connectivity index is 2.16. The van der Waals surface area contributed by atoms with E-state index in [2.05, 4.69) is 54.4 Å². The van der Waals surface area contributed by atoms with Gasteiger partial charge >= 0.3 is 0 Å². The second kappa shape index (κ2) is 6.32. The molecule has 0 unspecified atom stereocenters. The number of nitrogens with one attached hydrogen (secondary N) is 1. The Hall–Kier alpha value is -2.13. The average Bonchev–Trinajstić information content (AvgIpc) is 2.86. The molecule has 0 atom stereocenters. The van der Waals surface area contributed by atoms with E-state index in [1.165, 1.54) is 22.1 Å². The van der Waals surface area contributed by atoms with Gasteiger partial charge in [-0.1, -0.05) is 42.0 Å². The van der Waals surface area contributed by atoms with E-state index in [4.69, 9.17) is 17.0 Å². The first-order valence-corrected chi connectivity index (χ1v) is 7.92. The summed E-state index contributed by atoms with van der Waals surface area (Å²) >= 11 is 5.37. The molecule has 0 saturated carbocycles.